The summed E-state index contributed by atoms with van der Waals surface area (Å²) in [7, 11) is 0. The summed E-state index contributed by atoms with van der Waals surface area (Å²) in [5.74, 6) is -0.555. The zero-order valence-electron chi connectivity index (χ0n) is 18.1. The van der Waals surface area contributed by atoms with Gasteiger partial charge in [-0.05, 0) is 94.7 Å². The van der Waals surface area contributed by atoms with Crippen LogP contribution in [0.4, 0.5) is 8.78 Å². The van der Waals surface area contributed by atoms with Gasteiger partial charge in [-0.2, -0.15) is 0 Å². The standard InChI is InChI=1S/C28H19F2IOS2/c1-16-2-11-21(31)14-22(16)27(32)26-15-23(28(34-26)18-5-9-20(30)10-6-18)25-13-12-24(33-25)17-3-7-19(29)8-4-17/h2-15,23,28H,1H3. The summed E-state index contributed by atoms with van der Waals surface area (Å²) in [6.45, 7) is 1.95. The van der Waals surface area contributed by atoms with Crippen LogP contribution in [0.5, 0.6) is 0 Å². The van der Waals surface area contributed by atoms with E-state index in [0.717, 1.165) is 30.0 Å². The number of carbonyl (C=O) groups excluding carboxylic acids is 1. The van der Waals surface area contributed by atoms with Crippen molar-refractivity contribution in [1.29, 1.82) is 0 Å². The molecule has 0 fully saturated rings. The molecule has 0 saturated carbocycles. The largest absolute Gasteiger partial charge is 0.288 e. The van der Waals surface area contributed by atoms with Crippen molar-refractivity contribution in [2.45, 2.75) is 18.1 Å². The number of thiophene rings is 1. The second-order valence-electron chi connectivity index (χ2n) is 8.14. The fraction of sp³-hybridized carbons (Fsp3) is 0.107. The lowest BCUT2D eigenvalue weighted by atomic mass is 9.95. The van der Waals surface area contributed by atoms with Gasteiger partial charge in [0.25, 0.3) is 0 Å². The first-order valence-corrected chi connectivity index (χ1v) is 13.5. The topological polar surface area (TPSA) is 17.1 Å². The minimum Gasteiger partial charge on any atom is -0.288 e. The Morgan fingerprint density at radius 2 is 1.56 bits per heavy atom. The summed E-state index contributed by atoms with van der Waals surface area (Å²) < 4.78 is 28.0. The maximum atomic E-state index is 13.6. The van der Waals surface area contributed by atoms with Crippen LogP contribution in [0, 0.1) is 22.1 Å². The Balaban J connectivity index is 1.53. The number of hydrogen-bond acceptors (Lipinski definition) is 3. The molecule has 1 aliphatic rings. The van der Waals surface area contributed by atoms with Gasteiger partial charge in [0, 0.05) is 30.1 Å². The highest BCUT2D eigenvalue weighted by molar-refractivity contribution is 14.1. The normalized spacial score (nSPS) is 17.6. The maximum Gasteiger partial charge on any atom is 0.199 e. The van der Waals surface area contributed by atoms with E-state index < -0.39 is 0 Å². The van der Waals surface area contributed by atoms with Crippen molar-refractivity contribution in [2.75, 3.05) is 0 Å². The summed E-state index contributed by atoms with van der Waals surface area (Å²) in [4.78, 5) is 16.4. The number of ketones is 1. The Morgan fingerprint density at radius 3 is 2.26 bits per heavy atom. The molecule has 1 nitrogen and oxygen atoms in total. The summed E-state index contributed by atoms with van der Waals surface area (Å²) in [5.41, 5.74) is 3.59. The van der Waals surface area contributed by atoms with E-state index in [-0.39, 0.29) is 28.6 Å². The maximum absolute atomic E-state index is 13.6. The first kappa shape index (κ1) is 23.5. The molecule has 2 heterocycles. The number of carbonyl (C=O) groups is 1. The Morgan fingerprint density at radius 1 is 0.882 bits per heavy atom. The van der Waals surface area contributed by atoms with Gasteiger partial charge in [-0.3, -0.25) is 4.79 Å². The lowest BCUT2D eigenvalue weighted by Gasteiger charge is -2.18. The quantitative estimate of drug-likeness (QED) is 0.168. The predicted octanol–water partition coefficient (Wildman–Crippen LogP) is 8.94. The third kappa shape index (κ3) is 4.76. The van der Waals surface area contributed by atoms with Crippen LogP contribution in [0.1, 0.15) is 37.5 Å². The molecule has 0 N–H and O–H groups in total. The number of hydrogen-bond donors (Lipinski definition) is 0. The van der Waals surface area contributed by atoms with Crippen molar-refractivity contribution >= 4 is 51.5 Å². The average Bonchev–Trinajstić information content (AvgIpc) is 3.49. The van der Waals surface area contributed by atoms with Gasteiger partial charge in [0.05, 0.1) is 4.91 Å². The van der Waals surface area contributed by atoms with E-state index in [1.54, 1.807) is 47.4 Å². The second-order valence-corrected chi connectivity index (χ2v) is 11.7. The smallest absolute Gasteiger partial charge is 0.199 e. The molecule has 0 spiro atoms. The molecular formula is C28H19F2IOS2. The Labute approximate surface area is 219 Å². The highest BCUT2D eigenvalue weighted by Gasteiger charge is 2.35. The summed E-state index contributed by atoms with van der Waals surface area (Å²) >= 11 is 5.40. The Bertz CT molecular complexity index is 1390. The molecule has 0 aliphatic carbocycles. The van der Waals surface area contributed by atoms with E-state index in [1.807, 2.05) is 31.2 Å². The zero-order chi connectivity index (χ0) is 23.8. The highest BCUT2D eigenvalue weighted by atomic mass is 127. The molecule has 0 radical (unpaired) electrons. The van der Waals surface area contributed by atoms with Gasteiger partial charge in [0.2, 0.25) is 0 Å². The van der Waals surface area contributed by atoms with E-state index in [9.17, 15) is 13.6 Å². The molecule has 0 saturated heterocycles. The van der Waals surface area contributed by atoms with Crippen molar-refractivity contribution in [3.63, 3.8) is 0 Å². The monoisotopic (exact) mass is 600 g/mol. The molecular weight excluding hydrogens is 581 g/mol. The van der Waals surface area contributed by atoms with Crippen LogP contribution in [-0.4, -0.2) is 5.78 Å². The minimum absolute atomic E-state index is 0.0194. The molecule has 2 atom stereocenters. The van der Waals surface area contributed by atoms with Crippen molar-refractivity contribution in [3.05, 3.63) is 127 Å². The summed E-state index contributed by atoms with van der Waals surface area (Å²) in [5, 5.41) is -0.0395. The Kier molecular flexibility index (Phi) is 6.73. The van der Waals surface area contributed by atoms with E-state index >= 15 is 0 Å². The van der Waals surface area contributed by atoms with E-state index in [2.05, 4.69) is 34.7 Å². The van der Waals surface area contributed by atoms with Crippen molar-refractivity contribution in [1.82, 2.24) is 0 Å². The molecule has 1 aromatic heterocycles. The van der Waals surface area contributed by atoms with E-state index in [4.69, 9.17) is 0 Å². The van der Waals surface area contributed by atoms with Crippen molar-refractivity contribution in [3.8, 4) is 10.4 Å². The molecule has 170 valence electrons. The molecule has 2 unspecified atom stereocenters. The van der Waals surface area contributed by atoms with Crippen LogP contribution in [-0.2, 0) is 0 Å². The summed E-state index contributed by atoms with van der Waals surface area (Å²) in [6.07, 6.45) is 2.06. The van der Waals surface area contributed by atoms with Crippen LogP contribution in [0.15, 0.2) is 89.8 Å². The van der Waals surface area contributed by atoms with Gasteiger partial charge in [-0.15, -0.1) is 23.1 Å². The van der Waals surface area contributed by atoms with Gasteiger partial charge in [-0.1, -0.05) is 36.4 Å². The minimum atomic E-state index is -0.281. The number of aryl methyl sites for hydroxylation is 1. The fourth-order valence-electron chi connectivity index (χ4n) is 4.06. The number of allylic oxidation sites excluding steroid dienone is 2. The first-order valence-electron chi connectivity index (χ1n) is 10.7. The molecule has 0 amide bonds. The number of thioether (sulfide) groups is 1. The van der Waals surface area contributed by atoms with Crippen LogP contribution in [0.2, 0.25) is 0 Å². The van der Waals surface area contributed by atoms with Gasteiger partial charge in [0.1, 0.15) is 11.6 Å². The average molecular weight is 600 g/mol. The van der Waals surface area contributed by atoms with Crippen LogP contribution in [0.3, 0.4) is 0 Å². The van der Waals surface area contributed by atoms with Gasteiger partial charge in [-0.25, -0.2) is 8.78 Å². The van der Waals surface area contributed by atoms with Gasteiger partial charge >= 0.3 is 0 Å². The molecule has 1 aliphatic heterocycles. The number of benzene rings is 3. The molecule has 4 aromatic rings. The van der Waals surface area contributed by atoms with E-state index in [1.165, 1.54) is 24.3 Å². The van der Waals surface area contributed by atoms with Crippen LogP contribution < -0.4 is 0 Å². The molecule has 3 aromatic carbocycles. The van der Waals surface area contributed by atoms with Crippen molar-refractivity contribution in [2.24, 2.45) is 0 Å². The number of Topliss-reactive ketones (excluding diaryl/α,β-unsaturated/α-hetero) is 1. The van der Waals surface area contributed by atoms with Gasteiger partial charge < -0.3 is 0 Å². The molecule has 6 heteroatoms. The van der Waals surface area contributed by atoms with Crippen LogP contribution in [0.25, 0.3) is 10.4 Å². The molecule has 0 bridgehead atoms. The first-order chi connectivity index (χ1) is 16.4. The lowest BCUT2D eigenvalue weighted by Crippen LogP contribution is -2.03. The third-order valence-corrected chi connectivity index (χ3v) is 9.16. The highest BCUT2D eigenvalue weighted by Crippen LogP contribution is 2.54. The van der Waals surface area contributed by atoms with Gasteiger partial charge in [0.15, 0.2) is 5.78 Å². The van der Waals surface area contributed by atoms with E-state index in [0.29, 0.717) is 10.5 Å². The lowest BCUT2D eigenvalue weighted by molar-refractivity contribution is 0.104. The predicted molar refractivity (Wildman–Crippen MR) is 145 cm³/mol. The second kappa shape index (κ2) is 9.76. The van der Waals surface area contributed by atoms with Crippen molar-refractivity contribution < 1.29 is 13.6 Å². The SMILES string of the molecule is Cc1ccc(I)cc1C(=O)C1=CC(c2ccc(-c3ccc(F)cc3)s2)C(c2ccc(F)cc2)S1. The number of halogens is 3. The molecule has 5 rings (SSSR count). The Hall–Kier alpha value is -2.29. The number of rotatable bonds is 5. The summed E-state index contributed by atoms with van der Waals surface area (Å²) in [6, 6.07) is 23.0. The third-order valence-electron chi connectivity index (χ3n) is 5.86. The zero-order valence-corrected chi connectivity index (χ0v) is 21.9. The fourth-order valence-corrected chi connectivity index (χ4v) is 7.14. The van der Waals surface area contributed by atoms with Crippen LogP contribution >= 0.6 is 45.7 Å². The molecule has 34 heavy (non-hydrogen) atoms.